The molecule has 1 fully saturated rings. The number of aromatic nitrogens is 2. The summed E-state index contributed by atoms with van der Waals surface area (Å²) in [5.41, 5.74) is 2.40. The summed E-state index contributed by atoms with van der Waals surface area (Å²) in [7, 11) is 0. The molecule has 1 unspecified atom stereocenters. The Morgan fingerprint density at radius 2 is 1.81 bits per heavy atom. The summed E-state index contributed by atoms with van der Waals surface area (Å²) in [5, 5.41) is 1.60. The van der Waals surface area contributed by atoms with E-state index in [9.17, 15) is 4.79 Å². The Labute approximate surface area is 158 Å². The summed E-state index contributed by atoms with van der Waals surface area (Å²) in [4.78, 5) is 17.5. The van der Waals surface area contributed by atoms with Crippen LogP contribution in [0.3, 0.4) is 0 Å². The van der Waals surface area contributed by atoms with Gasteiger partial charge in [0.1, 0.15) is 0 Å². The highest BCUT2D eigenvalue weighted by molar-refractivity contribution is 6.31. The fourth-order valence-corrected chi connectivity index (χ4v) is 4.43. The second kappa shape index (κ2) is 7.24. The third-order valence-corrected chi connectivity index (χ3v) is 5.91. The van der Waals surface area contributed by atoms with Gasteiger partial charge >= 0.3 is 5.69 Å². The van der Waals surface area contributed by atoms with Crippen molar-refractivity contribution in [1.29, 1.82) is 0 Å². The molecule has 1 aliphatic carbocycles. The molecule has 0 amide bonds. The molecule has 4 rings (SSSR count). The molecule has 3 aromatic rings. The standard InChI is InChI=1S/C22H23ClN2O/c1-15(16-8-4-2-5-9-16)25-20-13-12-18(23)14-19(20)21(24-22(25)26)17-10-6-3-7-11-17/h3,6-7,10-16H,2,4-5,8-9H2,1H3. The van der Waals surface area contributed by atoms with E-state index in [1.807, 2.05) is 53.1 Å². The molecule has 134 valence electrons. The van der Waals surface area contributed by atoms with Crippen molar-refractivity contribution in [3.63, 3.8) is 0 Å². The molecule has 1 saturated carbocycles. The van der Waals surface area contributed by atoms with E-state index in [2.05, 4.69) is 11.9 Å². The molecule has 0 bridgehead atoms. The summed E-state index contributed by atoms with van der Waals surface area (Å²) in [6.07, 6.45) is 6.18. The SMILES string of the molecule is CC(C1CCCCC1)n1c(=O)nc(-c2ccccc2)c2cc(Cl)ccc21. The lowest BCUT2D eigenvalue weighted by molar-refractivity contribution is 0.263. The monoisotopic (exact) mass is 366 g/mol. The number of hydrogen-bond donors (Lipinski definition) is 0. The fourth-order valence-electron chi connectivity index (χ4n) is 4.26. The van der Waals surface area contributed by atoms with E-state index in [4.69, 9.17) is 11.6 Å². The van der Waals surface area contributed by atoms with Gasteiger partial charge in [-0.15, -0.1) is 0 Å². The molecule has 3 nitrogen and oxygen atoms in total. The van der Waals surface area contributed by atoms with Gasteiger partial charge in [0, 0.05) is 22.0 Å². The Morgan fingerprint density at radius 3 is 2.54 bits per heavy atom. The molecule has 0 saturated heterocycles. The lowest BCUT2D eigenvalue weighted by Crippen LogP contribution is -2.31. The Hall–Kier alpha value is -2.13. The predicted molar refractivity (Wildman–Crippen MR) is 108 cm³/mol. The van der Waals surface area contributed by atoms with E-state index < -0.39 is 0 Å². The first-order chi connectivity index (χ1) is 12.6. The van der Waals surface area contributed by atoms with Gasteiger partial charge in [0.2, 0.25) is 0 Å². The molecule has 0 spiro atoms. The highest BCUT2D eigenvalue weighted by Crippen LogP contribution is 2.35. The van der Waals surface area contributed by atoms with Crippen LogP contribution in [0.25, 0.3) is 22.2 Å². The number of benzene rings is 2. The van der Waals surface area contributed by atoms with Crippen molar-refractivity contribution >= 4 is 22.5 Å². The van der Waals surface area contributed by atoms with Crippen LogP contribution < -0.4 is 5.69 Å². The highest BCUT2D eigenvalue weighted by Gasteiger charge is 2.24. The minimum atomic E-state index is -0.170. The van der Waals surface area contributed by atoms with Gasteiger partial charge in [-0.25, -0.2) is 4.79 Å². The van der Waals surface area contributed by atoms with Crippen molar-refractivity contribution in [2.24, 2.45) is 5.92 Å². The third-order valence-electron chi connectivity index (χ3n) is 5.67. The molecule has 1 atom stereocenters. The lowest BCUT2D eigenvalue weighted by atomic mass is 9.84. The zero-order valence-corrected chi connectivity index (χ0v) is 15.7. The maximum absolute atomic E-state index is 13.0. The predicted octanol–water partition coefficient (Wildman–Crippen LogP) is 5.86. The van der Waals surface area contributed by atoms with Crippen molar-refractivity contribution in [1.82, 2.24) is 9.55 Å². The van der Waals surface area contributed by atoms with E-state index in [-0.39, 0.29) is 11.7 Å². The van der Waals surface area contributed by atoms with Crippen molar-refractivity contribution in [3.8, 4) is 11.3 Å². The summed E-state index contributed by atoms with van der Waals surface area (Å²) in [6, 6.07) is 15.8. The molecule has 2 aromatic carbocycles. The summed E-state index contributed by atoms with van der Waals surface area (Å²) >= 11 is 6.28. The van der Waals surface area contributed by atoms with E-state index in [0.717, 1.165) is 16.5 Å². The molecular formula is C22H23ClN2O. The smallest absolute Gasteiger partial charge is 0.289 e. The van der Waals surface area contributed by atoms with Gasteiger partial charge in [-0.2, -0.15) is 4.98 Å². The van der Waals surface area contributed by atoms with Gasteiger partial charge in [0.15, 0.2) is 0 Å². The second-order valence-corrected chi connectivity index (χ2v) is 7.72. The van der Waals surface area contributed by atoms with E-state index in [1.165, 1.54) is 32.1 Å². The molecule has 4 heteroatoms. The molecule has 0 N–H and O–H groups in total. The van der Waals surface area contributed by atoms with Crippen molar-refractivity contribution in [2.45, 2.75) is 45.1 Å². The van der Waals surface area contributed by atoms with Crippen LogP contribution in [0.15, 0.2) is 53.3 Å². The van der Waals surface area contributed by atoms with Crippen LogP contribution in [-0.4, -0.2) is 9.55 Å². The third kappa shape index (κ3) is 3.16. The Morgan fingerprint density at radius 1 is 1.08 bits per heavy atom. The molecule has 1 aromatic heterocycles. The van der Waals surface area contributed by atoms with Gasteiger partial charge in [0.05, 0.1) is 11.2 Å². The van der Waals surface area contributed by atoms with Crippen LogP contribution in [-0.2, 0) is 0 Å². The maximum atomic E-state index is 13.0. The minimum Gasteiger partial charge on any atom is -0.289 e. The van der Waals surface area contributed by atoms with Gasteiger partial charge < -0.3 is 0 Å². The number of fused-ring (bicyclic) bond motifs is 1. The quantitative estimate of drug-likeness (QED) is 0.582. The summed E-state index contributed by atoms with van der Waals surface area (Å²) < 4.78 is 1.88. The summed E-state index contributed by atoms with van der Waals surface area (Å²) in [6.45, 7) is 2.16. The minimum absolute atomic E-state index is 0.142. The van der Waals surface area contributed by atoms with Crippen molar-refractivity contribution in [3.05, 3.63) is 64.0 Å². The van der Waals surface area contributed by atoms with Crippen LogP contribution in [0.5, 0.6) is 0 Å². The largest absolute Gasteiger partial charge is 0.348 e. The van der Waals surface area contributed by atoms with Gasteiger partial charge in [-0.05, 0) is 43.9 Å². The summed E-state index contributed by atoms with van der Waals surface area (Å²) in [5.74, 6) is 0.532. The lowest BCUT2D eigenvalue weighted by Gasteiger charge is -2.30. The molecule has 1 aliphatic rings. The van der Waals surface area contributed by atoms with E-state index in [0.29, 0.717) is 16.6 Å². The first-order valence-electron chi connectivity index (χ1n) is 9.42. The van der Waals surface area contributed by atoms with Crippen LogP contribution in [0, 0.1) is 5.92 Å². The highest BCUT2D eigenvalue weighted by atomic mass is 35.5. The molecular weight excluding hydrogens is 344 g/mol. The molecule has 1 heterocycles. The average molecular weight is 367 g/mol. The second-order valence-electron chi connectivity index (χ2n) is 7.28. The Bertz CT molecular complexity index is 975. The zero-order valence-electron chi connectivity index (χ0n) is 15.0. The van der Waals surface area contributed by atoms with Gasteiger partial charge in [0.25, 0.3) is 0 Å². The number of rotatable bonds is 3. The Balaban J connectivity index is 1.92. The van der Waals surface area contributed by atoms with Crippen LogP contribution in [0.2, 0.25) is 5.02 Å². The topological polar surface area (TPSA) is 34.9 Å². The maximum Gasteiger partial charge on any atom is 0.348 e. The fraction of sp³-hybridized carbons (Fsp3) is 0.364. The number of hydrogen-bond acceptors (Lipinski definition) is 2. The van der Waals surface area contributed by atoms with E-state index in [1.54, 1.807) is 0 Å². The number of nitrogens with zero attached hydrogens (tertiary/aromatic N) is 2. The first-order valence-corrected chi connectivity index (χ1v) is 9.80. The van der Waals surface area contributed by atoms with Gasteiger partial charge in [-0.3, -0.25) is 4.57 Å². The number of halogens is 1. The average Bonchev–Trinajstić information content (AvgIpc) is 2.68. The van der Waals surface area contributed by atoms with Crippen LogP contribution >= 0.6 is 11.6 Å². The van der Waals surface area contributed by atoms with Crippen LogP contribution in [0.1, 0.15) is 45.1 Å². The molecule has 26 heavy (non-hydrogen) atoms. The van der Waals surface area contributed by atoms with Crippen LogP contribution in [0.4, 0.5) is 0 Å². The molecule has 0 radical (unpaired) electrons. The normalized spacial score (nSPS) is 16.7. The first kappa shape index (κ1) is 17.3. The zero-order chi connectivity index (χ0) is 18.1. The van der Waals surface area contributed by atoms with Crippen molar-refractivity contribution < 1.29 is 0 Å². The van der Waals surface area contributed by atoms with Crippen molar-refractivity contribution in [2.75, 3.05) is 0 Å². The Kier molecular flexibility index (Phi) is 4.82. The van der Waals surface area contributed by atoms with Gasteiger partial charge in [-0.1, -0.05) is 61.2 Å². The van der Waals surface area contributed by atoms with E-state index >= 15 is 0 Å². The molecule has 0 aliphatic heterocycles.